The standard InChI is InChI=1S/C80H147NO10/c1-4-7-10-13-16-19-22-25-27-29-31-33-35-36-37-39-40-42-44-46-49-52-55-58-61-64-67-73(84)79(88)81-71(72(83)66-63-60-57-54-51-48-24-21-18-15-12-9-6-3)70-89-80-78(77(87)76(86)74(69-82)90-80)91-75(85)68-65-62-59-56-53-50-47-45-43-41-38-34-32-30-28-26-23-20-17-14-11-8-5-2/h16,19,25-28,31,33,63,66,71-74,76-78,80,82-84,86-87H,4-15,17-18,20-24,29-30,32,34-62,64-65,67-70H2,1-3H3,(H,81,88)/b19-16-,27-25-,28-26+,33-31-,66-63+. The Bertz CT molecular complexity index is 1720. The summed E-state index contributed by atoms with van der Waals surface area (Å²) in [5, 5.41) is 57.4. The summed E-state index contributed by atoms with van der Waals surface area (Å²) in [6.45, 7) is 5.82. The van der Waals surface area contributed by atoms with Crippen molar-refractivity contribution in [1.82, 2.24) is 5.32 Å². The number of allylic oxidation sites excluding steroid dienone is 9. The molecule has 1 rings (SSSR count). The molecule has 0 saturated carbocycles. The normalized spacial score (nSPS) is 18.3. The number of rotatable bonds is 68. The zero-order valence-electron chi connectivity index (χ0n) is 59.5. The highest BCUT2D eigenvalue weighted by molar-refractivity contribution is 5.80. The fourth-order valence-electron chi connectivity index (χ4n) is 12.2. The van der Waals surface area contributed by atoms with E-state index >= 15 is 0 Å². The van der Waals surface area contributed by atoms with Gasteiger partial charge in [0.05, 0.1) is 25.4 Å². The minimum atomic E-state index is -1.61. The van der Waals surface area contributed by atoms with Crippen molar-refractivity contribution >= 4 is 11.9 Å². The molecule has 8 unspecified atom stereocenters. The summed E-state index contributed by atoms with van der Waals surface area (Å²) in [4.78, 5) is 26.8. The SMILES string of the molecule is CCCCC/C=C\C/C=C\C/C=C\CCCCCCCCCCCCCCCC(O)C(=O)NC(COC1OC(CO)C(O)C(O)C1OC(=O)CCCCCCCCCCCCCCC/C=C/CCCCCCCC)C(O)/C=C/CCCCCCCCCCCCC. The number of esters is 1. The van der Waals surface area contributed by atoms with E-state index < -0.39 is 67.4 Å². The molecular weight excluding hydrogens is 1130 g/mol. The summed E-state index contributed by atoms with van der Waals surface area (Å²) in [5.41, 5.74) is 0. The maximum Gasteiger partial charge on any atom is 0.306 e. The van der Waals surface area contributed by atoms with Crippen molar-refractivity contribution < 1.29 is 49.3 Å². The molecular formula is C80H147NO10. The van der Waals surface area contributed by atoms with Crippen molar-refractivity contribution in [2.24, 2.45) is 0 Å². The minimum Gasteiger partial charge on any atom is -0.454 e. The van der Waals surface area contributed by atoms with E-state index in [1.54, 1.807) is 6.08 Å². The molecule has 1 aliphatic heterocycles. The van der Waals surface area contributed by atoms with Gasteiger partial charge in [0.15, 0.2) is 12.4 Å². The van der Waals surface area contributed by atoms with Gasteiger partial charge >= 0.3 is 5.97 Å². The number of aliphatic hydroxyl groups is 5. The number of unbranched alkanes of at least 4 members (excludes halogenated alkanes) is 46. The highest BCUT2D eigenvalue weighted by Crippen LogP contribution is 2.27. The van der Waals surface area contributed by atoms with Crippen LogP contribution in [-0.4, -0.2) is 99.6 Å². The lowest BCUT2D eigenvalue weighted by molar-refractivity contribution is -0.305. The lowest BCUT2D eigenvalue weighted by Gasteiger charge is -2.41. The molecule has 0 aromatic carbocycles. The molecule has 1 fully saturated rings. The number of amides is 1. The summed E-state index contributed by atoms with van der Waals surface area (Å²) in [6, 6.07) is -1.03. The Morgan fingerprint density at radius 2 is 0.758 bits per heavy atom. The van der Waals surface area contributed by atoms with E-state index in [9.17, 15) is 35.1 Å². The number of carbonyl (C=O) groups is 2. The van der Waals surface area contributed by atoms with Crippen LogP contribution in [0.15, 0.2) is 60.8 Å². The zero-order valence-corrected chi connectivity index (χ0v) is 59.5. The minimum absolute atomic E-state index is 0.125. The number of hydrogen-bond donors (Lipinski definition) is 6. The van der Waals surface area contributed by atoms with Crippen molar-refractivity contribution in [2.75, 3.05) is 13.2 Å². The second-order valence-corrected chi connectivity index (χ2v) is 27.1. The Kier molecular flexibility index (Phi) is 63.9. The third-order valence-corrected chi connectivity index (χ3v) is 18.4. The average Bonchev–Trinajstić information content (AvgIpc) is 0.969. The van der Waals surface area contributed by atoms with Crippen molar-refractivity contribution in [2.45, 2.75) is 423 Å². The van der Waals surface area contributed by atoms with Gasteiger partial charge in [-0.05, 0) is 89.9 Å². The second kappa shape index (κ2) is 67.3. The van der Waals surface area contributed by atoms with E-state index in [0.717, 1.165) is 70.6 Å². The molecule has 11 heteroatoms. The molecule has 8 atom stereocenters. The first-order chi connectivity index (χ1) is 44.7. The van der Waals surface area contributed by atoms with Crippen molar-refractivity contribution in [3.8, 4) is 0 Å². The lowest BCUT2D eigenvalue weighted by Crippen LogP contribution is -2.61. The van der Waals surface area contributed by atoms with Crippen LogP contribution >= 0.6 is 0 Å². The van der Waals surface area contributed by atoms with Crippen molar-refractivity contribution in [1.29, 1.82) is 0 Å². The summed E-state index contributed by atoms with van der Waals surface area (Å²) < 4.78 is 17.8. The number of aliphatic hydroxyl groups excluding tert-OH is 5. The second-order valence-electron chi connectivity index (χ2n) is 27.1. The Labute approximate surface area is 560 Å². The summed E-state index contributed by atoms with van der Waals surface area (Å²) in [6.07, 6.45) is 76.9. The predicted octanol–water partition coefficient (Wildman–Crippen LogP) is 20.9. The molecule has 6 N–H and O–H groups in total. The fraction of sp³-hybridized carbons (Fsp3) is 0.850. The van der Waals surface area contributed by atoms with Gasteiger partial charge in [-0.15, -0.1) is 0 Å². The number of nitrogens with one attached hydrogen (secondary N) is 1. The molecule has 91 heavy (non-hydrogen) atoms. The predicted molar refractivity (Wildman–Crippen MR) is 384 cm³/mol. The smallest absolute Gasteiger partial charge is 0.306 e. The monoisotopic (exact) mass is 1280 g/mol. The first-order valence-corrected chi connectivity index (χ1v) is 39.1. The third-order valence-electron chi connectivity index (χ3n) is 18.4. The maximum atomic E-state index is 13.5. The van der Waals surface area contributed by atoms with Gasteiger partial charge in [0.2, 0.25) is 5.91 Å². The van der Waals surface area contributed by atoms with Gasteiger partial charge in [-0.3, -0.25) is 9.59 Å². The lowest BCUT2D eigenvalue weighted by atomic mass is 9.99. The molecule has 0 aromatic rings. The first kappa shape index (κ1) is 86.4. The summed E-state index contributed by atoms with van der Waals surface area (Å²) in [7, 11) is 0. The number of hydrogen-bond acceptors (Lipinski definition) is 10. The van der Waals surface area contributed by atoms with E-state index in [1.165, 1.54) is 257 Å². The van der Waals surface area contributed by atoms with Crippen LogP contribution in [0.3, 0.4) is 0 Å². The van der Waals surface area contributed by atoms with Crippen LogP contribution in [0, 0.1) is 0 Å². The van der Waals surface area contributed by atoms with Gasteiger partial charge in [0, 0.05) is 6.42 Å². The molecule has 1 saturated heterocycles. The molecule has 0 aliphatic carbocycles. The van der Waals surface area contributed by atoms with Gasteiger partial charge in [-0.25, -0.2) is 0 Å². The molecule has 0 aromatic heterocycles. The average molecular weight is 1280 g/mol. The third kappa shape index (κ3) is 54.2. The van der Waals surface area contributed by atoms with Crippen LogP contribution in [0.5, 0.6) is 0 Å². The molecule has 0 bridgehead atoms. The molecule has 1 aliphatic rings. The van der Waals surface area contributed by atoms with Gasteiger partial charge in [0.1, 0.15) is 24.4 Å². The van der Waals surface area contributed by atoms with Gasteiger partial charge < -0.3 is 45.1 Å². The maximum absolute atomic E-state index is 13.5. The van der Waals surface area contributed by atoms with E-state index in [1.807, 2.05) is 6.08 Å². The fourth-order valence-corrected chi connectivity index (χ4v) is 12.2. The van der Waals surface area contributed by atoms with E-state index in [2.05, 4.69) is 74.7 Å². The Morgan fingerprint density at radius 1 is 0.429 bits per heavy atom. The van der Waals surface area contributed by atoms with Crippen LogP contribution in [-0.2, 0) is 23.8 Å². The number of carbonyl (C=O) groups excluding carboxylic acids is 2. The van der Waals surface area contributed by atoms with Crippen LogP contribution in [0.2, 0.25) is 0 Å². The van der Waals surface area contributed by atoms with Crippen LogP contribution in [0.1, 0.15) is 374 Å². The molecule has 532 valence electrons. The Hall–Kier alpha value is -2.64. The highest BCUT2D eigenvalue weighted by Gasteiger charge is 2.47. The quantitative estimate of drug-likeness (QED) is 0.0195. The zero-order chi connectivity index (χ0) is 66.0. The Morgan fingerprint density at radius 3 is 1.16 bits per heavy atom. The topological polar surface area (TPSA) is 175 Å². The molecule has 11 nitrogen and oxygen atoms in total. The van der Waals surface area contributed by atoms with Gasteiger partial charge in [-0.2, -0.15) is 0 Å². The summed E-state index contributed by atoms with van der Waals surface area (Å²) >= 11 is 0. The molecule has 1 heterocycles. The molecule has 1 amide bonds. The van der Waals surface area contributed by atoms with Crippen LogP contribution in [0.25, 0.3) is 0 Å². The largest absolute Gasteiger partial charge is 0.454 e. The van der Waals surface area contributed by atoms with Gasteiger partial charge in [0.25, 0.3) is 0 Å². The van der Waals surface area contributed by atoms with Crippen LogP contribution in [0.4, 0.5) is 0 Å². The van der Waals surface area contributed by atoms with E-state index in [-0.39, 0.29) is 13.0 Å². The summed E-state index contributed by atoms with van der Waals surface area (Å²) in [5.74, 6) is -1.18. The van der Waals surface area contributed by atoms with Crippen LogP contribution < -0.4 is 5.32 Å². The van der Waals surface area contributed by atoms with E-state index in [0.29, 0.717) is 19.3 Å². The van der Waals surface area contributed by atoms with Crippen molar-refractivity contribution in [3.05, 3.63) is 60.8 Å². The highest BCUT2D eigenvalue weighted by atomic mass is 16.7. The molecule has 0 spiro atoms. The molecule has 0 radical (unpaired) electrons. The first-order valence-electron chi connectivity index (χ1n) is 39.1. The number of ether oxygens (including phenoxy) is 3. The van der Waals surface area contributed by atoms with E-state index in [4.69, 9.17) is 14.2 Å². The van der Waals surface area contributed by atoms with Crippen molar-refractivity contribution in [3.63, 3.8) is 0 Å². The Balaban J connectivity index is 2.53. The van der Waals surface area contributed by atoms with Gasteiger partial charge in [-0.1, -0.05) is 338 Å².